The third-order valence-electron chi connectivity index (χ3n) is 4.88. The van der Waals surface area contributed by atoms with Crippen LogP contribution in [0.2, 0.25) is 0 Å². The molecule has 3 rings (SSSR count). The van der Waals surface area contributed by atoms with Gasteiger partial charge in [0.15, 0.2) is 0 Å². The van der Waals surface area contributed by atoms with Gasteiger partial charge >= 0.3 is 0 Å². The lowest BCUT2D eigenvalue weighted by Crippen LogP contribution is -2.49. The number of piperazine rings is 1. The van der Waals surface area contributed by atoms with Crippen LogP contribution in [0.4, 0.5) is 0 Å². The van der Waals surface area contributed by atoms with Crippen molar-refractivity contribution in [3.05, 3.63) is 51.7 Å². The summed E-state index contributed by atoms with van der Waals surface area (Å²) in [5, 5.41) is 2.13. The zero-order valence-electron chi connectivity index (χ0n) is 15.7. The lowest BCUT2D eigenvalue weighted by Gasteiger charge is -2.34. The lowest BCUT2D eigenvalue weighted by atomic mass is 10.1. The van der Waals surface area contributed by atoms with Gasteiger partial charge in [0.05, 0.1) is 13.0 Å². The number of carbonyl (C=O) groups excluding carboxylic acids is 1. The summed E-state index contributed by atoms with van der Waals surface area (Å²) in [6.45, 7) is 9.23. The van der Waals surface area contributed by atoms with Gasteiger partial charge in [0.2, 0.25) is 5.91 Å². The molecule has 0 radical (unpaired) electrons. The van der Waals surface area contributed by atoms with E-state index in [4.69, 9.17) is 4.74 Å². The molecule has 0 atom stereocenters. The molecule has 1 saturated heterocycles. The van der Waals surface area contributed by atoms with Crippen molar-refractivity contribution >= 4 is 17.2 Å². The van der Waals surface area contributed by atoms with Crippen molar-refractivity contribution in [2.75, 3.05) is 39.3 Å². The van der Waals surface area contributed by atoms with Crippen molar-refractivity contribution in [2.24, 2.45) is 0 Å². The van der Waals surface area contributed by atoms with E-state index in [0.29, 0.717) is 13.0 Å². The maximum absolute atomic E-state index is 12.4. The number of amides is 1. The Morgan fingerprint density at radius 2 is 1.96 bits per heavy atom. The number of hydrogen-bond acceptors (Lipinski definition) is 4. The topological polar surface area (TPSA) is 32.8 Å². The second-order valence-electron chi connectivity index (χ2n) is 6.92. The lowest BCUT2D eigenvalue weighted by molar-refractivity contribution is -0.133. The summed E-state index contributed by atoms with van der Waals surface area (Å²) in [4.78, 5) is 18.3. The van der Waals surface area contributed by atoms with Crippen LogP contribution in [0.1, 0.15) is 22.4 Å². The second-order valence-corrected chi connectivity index (χ2v) is 7.95. The van der Waals surface area contributed by atoms with E-state index in [2.05, 4.69) is 35.4 Å². The minimum absolute atomic E-state index is 0.202. The molecule has 1 fully saturated rings. The van der Waals surface area contributed by atoms with E-state index in [1.807, 2.05) is 35.3 Å². The van der Waals surface area contributed by atoms with Crippen LogP contribution in [-0.2, 0) is 11.2 Å². The van der Waals surface area contributed by atoms with Gasteiger partial charge in [-0.2, -0.15) is 0 Å². The Morgan fingerprint density at radius 3 is 2.65 bits per heavy atom. The maximum atomic E-state index is 12.4. The fourth-order valence-corrected chi connectivity index (χ4v) is 4.01. The van der Waals surface area contributed by atoms with E-state index in [1.54, 1.807) is 0 Å². The molecule has 140 valence electrons. The van der Waals surface area contributed by atoms with Crippen LogP contribution in [-0.4, -0.2) is 55.0 Å². The fraction of sp³-hybridized carbons (Fsp3) is 0.476. The normalized spacial score (nSPS) is 15.2. The number of benzene rings is 1. The molecular formula is C21H28N2O2S. The van der Waals surface area contributed by atoms with E-state index < -0.39 is 0 Å². The summed E-state index contributed by atoms with van der Waals surface area (Å²) in [6, 6.07) is 10.4. The van der Waals surface area contributed by atoms with Crippen LogP contribution >= 0.6 is 11.3 Å². The molecule has 0 N–H and O–H groups in total. The molecule has 1 aliphatic rings. The van der Waals surface area contributed by atoms with Gasteiger partial charge in [-0.05, 0) is 43.3 Å². The molecule has 1 amide bonds. The molecule has 5 heteroatoms. The number of rotatable bonds is 7. The van der Waals surface area contributed by atoms with E-state index >= 15 is 0 Å². The Kier molecular flexibility index (Phi) is 6.69. The standard InChI is InChI=1S/C21H28N2O2S/c1-17-5-6-20(18(2)16-17)25-14-8-21(24)23-12-10-22(11-13-23)9-7-19-4-3-15-26-19/h3-6,15-16H,7-14H2,1-2H3. The Morgan fingerprint density at radius 1 is 1.15 bits per heavy atom. The molecule has 1 aromatic carbocycles. The van der Waals surface area contributed by atoms with Crippen molar-refractivity contribution in [1.82, 2.24) is 9.80 Å². The maximum Gasteiger partial charge on any atom is 0.226 e. The van der Waals surface area contributed by atoms with E-state index in [0.717, 1.165) is 50.5 Å². The number of ether oxygens (including phenoxy) is 1. The third kappa shape index (κ3) is 5.32. The molecular weight excluding hydrogens is 344 g/mol. The van der Waals surface area contributed by atoms with Gasteiger partial charge in [0.1, 0.15) is 5.75 Å². The van der Waals surface area contributed by atoms with Gasteiger partial charge in [0, 0.05) is 37.6 Å². The summed E-state index contributed by atoms with van der Waals surface area (Å²) in [5.41, 5.74) is 2.35. The Bertz CT molecular complexity index is 707. The Balaban J connectivity index is 1.35. The molecule has 1 aromatic heterocycles. The fourth-order valence-electron chi connectivity index (χ4n) is 3.31. The molecule has 4 nitrogen and oxygen atoms in total. The van der Waals surface area contributed by atoms with Crippen molar-refractivity contribution in [1.29, 1.82) is 0 Å². The summed E-state index contributed by atoms with van der Waals surface area (Å²) >= 11 is 1.82. The molecule has 0 aliphatic carbocycles. The van der Waals surface area contributed by atoms with Gasteiger partial charge in [-0.25, -0.2) is 0 Å². The second kappa shape index (κ2) is 9.19. The number of carbonyl (C=O) groups is 1. The van der Waals surface area contributed by atoms with E-state index in [-0.39, 0.29) is 5.91 Å². The first-order chi connectivity index (χ1) is 12.6. The SMILES string of the molecule is Cc1ccc(OCCC(=O)N2CCN(CCc3cccs3)CC2)c(C)c1. The van der Waals surface area contributed by atoms with Crippen LogP contribution in [0.15, 0.2) is 35.7 Å². The smallest absolute Gasteiger partial charge is 0.226 e. The van der Waals surface area contributed by atoms with Crippen molar-refractivity contribution in [2.45, 2.75) is 26.7 Å². The molecule has 0 spiro atoms. The number of aryl methyl sites for hydroxylation is 2. The van der Waals surface area contributed by atoms with Gasteiger partial charge in [0.25, 0.3) is 0 Å². The Hall–Kier alpha value is -1.85. The highest BCUT2D eigenvalue weighted by Crippen LogP contribution is 2.19. The number of thiophene rings is 1. The number of hydrogen-bond donors (Lipinski definition) is 0. The first-order valence-corrected chi connectivity index (χ1v) is 10.2. The van der Waals surface area contributed by atoms with E-state index in [1.165, 1.54) is 10.4 Å². The monoisotopic (exact) mass is 372 g/mol. The van der Waals surface area contributed by atoms with Crippen molar-refractivity contribution < 1.29 is 9.53 Å². The average Bonchev–Trinajstić information content (AvgIpc) is 3.16. The first-order valence-electron chi connectivity index (χ1n) is 9.34. The predicted molar refractivity (Wildman–Crippen MR) is 107 cm³/mol. The number of nitrogens with zero attached hydrogens (tertiary/aromatic N) is 2. The third-order valence-corrected chi connectivity index (χ3v) is 5.82. The van der Waals surface area contributed by atoms with Crippen LogP contribution in [0.3, 0.4) is 0 Å². The highest BCUT2D eigenvalue weighted by molar-refractivity contribution is 7.09. The minimum Gasteiger partial charge on any atom is -0.493 e. The molecule has 0 unspecified atom stereocenters. The van der Waals surface area contributed by atoms with Crippen LogP contribution in [0.5, 0.6) is 5.75 Å². The van der Waals surface area contributed by atoms with Gasteiger partial charge < -0.3 is 9.64 Å². The zero-order chi connectivity index (χ0) is 18.4. The molecule has 26 heavy (non-hydrogen) atoms. The van der Waals surface area contributed by atoms with Gasteiger partial charge in [-0.15, -0.1) is 11.3 Å². The quantitative estimate of drug-likeness (QED) is 0.745. The van der Waals surface area contributed by atoms with Crippen LogP contribution < -0.4 is 4.74 Å². The minimum atomic E-state index is 0.202. The van der Waals surface area contributed by atoms with E-state index in [9.17, 15) is 4.79 Å². The largest absolute Gasteiger partial charge is 0.493 e. The highest BCUT2D eigenvalue weighted by atomic mass is 32.1. The summed E-state index contributed by atoms with van der Waals surface area (Å²) in [5.74, 6) is 1.08. The molecule has 2 aromatic rings. The van der Waals surface area contributed by atoms with Gasteiger partial charge in [-0.3, -0.25) is 9.69 Å². The zero-order valence-corrected chi connectivity index (χ0v) is 16.6. The summed E-state index contributed by atoms with van der Waals surface area (Å²) < 4.78 is 5.80. The Labute approximate surface area is 160 Å². The van der Waals surface area contributed by atoms with Crippen molar-refractivity contribution in [3.63, 3.8) is 0 Å². The molecule has 1 aliphatic heterocycles. The van der Waals surface area contributed by atoms with Gasteiger partial charge in [-0.1, -0.05) is 23.8 Å². The van der Waals surface area contributed by atoms with Crippen LogP contribution in [0.25, 0.3) is 0 Å². The summed E-state index contributed by atoms with van der Waals surface area (Å²) in [7, 11) is 0. The molecule has 0 bridgehead atoms. The summed E-state index contributed by atoms with van der Waals surface area (Å²) in [6.07, 6.45) is 1.55. The average molecular weight is 373 g/mol. The predicted octanol–water partition coefficient (Wildman–Crippen LogP) is 3.52. The van der Waals surface area contributed by atoms with Crippen molar-refractivity contribution in [3.8, 4) is 5.75 Å². The first kappa shape index (κ1) is 18.9. The molecule has 2 heterocycles. The highest BCUT2D eigenvalue weighted by Gasteiger charge is 2.20. The molecule has 0 saturated carbocycles. The van der Waals surface area contributed by atoms with Crippen LogP contribution in [0, 0.1) is 13.8 Å².